The summed E-state index contributed by atoms with van der Waals surface area (Å²) in [7, 11) is 0. The highest BCUT2D eigenvalue weighted by Crippen LogP contribution is 2.28. The average molecular weight is 289 g/mol. The lowest BCUT2D eigenvalue weighted by molar-refractivity contribution is -0.149. The van der Waals surface area contributed by atoms with Crippen molar-refractivity contribution in [2.45, 2.75) is 58.4 Å². The third-order valence-electron chi connectivity index (χ3n) is 4.22. The first-order valence-electron chi connectivity index (χ1n) is 8.13. The topological polar surface area (TPSA) is 38.3 Å². The maximum atomic E-state index is 11.9. The Labute approximate surface area is 128 Å². The maximum Gasteiger partial charge on any atom is 0.308 e. The Hall–Kier alpha value is -1.51. The number of anilines is 1. The molecule has 0 amide bonds. The molecule has 1 fully saturated rings. The van der Waals surface area contributed by atoms with Gasteiger partial charge in [0.05, 0.1) is 12.5 Å². The van der Waals surface area contributed by atoms with Crippen LogP contribution in [-0.2, 0) is 9.53 Å². The van der Waals surface area contributed by atoms with Crippen molar-refractivity contribution in [3.05, 3.63) is 29.8 Å². The van der Waals surface area contributed by atoms with Crippen LogP contribution in [0.25, 0.3) is 0 Å². The lowest BCUT2D eigenvalue weighted by Crippen LogP contribution is -2.32. The molecule has 0 aromatic heterocycles. The molecule has 0 bridgehead atoms. The van der Waals surface area contributed by atoms with Crippen LogP contribution in [0.5, 0.6) is 0 Å². The number of carbonyl (C=O) groups is 1. The molecule has 2 rings (SSSR count). The summed E-state index contributed by atoms with van der Waals surface area (Å²) in [4.78, 5) is 11.9. The molecule has 1 aliphatic carbocycles. The fraction of sp³-hybridized carbons (Fsp3) is 0.611. The van der Waals surface area contributed by atoms with E-state index in [1.54, 1.807) is 0 Å². The Balaban J connectivity index is 1.96. The number of hydrogen-bond donors (Lipinski definition) is 1. The third-order valence-corrected chi connectivity index (χ3v) is 4.22. The lowest BCUT2D eigenvalue weighted by Gasteiger charge is -2.29. The molecule has 1 N–H and O–H groups in total. The minimum atomic E-state index is -0.0278. The maximum absolute atomic E-state index is 11.9. The van der Waals surface area contributed by atoms with Crippen LogP contribution in [0.1, 0.15) is 57.9 Å². The van der Waals surface area contributed by atoms with Gasteiger partial charge in [0.2, 0.25) is 0 Å². The van der Waals surface area contributed by atoms with Gasteiger partial charge >= 0.3 is 5.97 Å². The molecule has 0 heterocycles. The van der Waals surface area contributed by atoms with E-state index in [1.165, 1.54) is 5.56 Å². The fourth-order valence-corrected chi connectivity index (χ4v) is 3.02. The van der Waals surface area contributed by atoms with Crippen LogP contribution in [0.3, 0.4) is 0 Å². The minimum absolute atomic E-state index is 0.0278. The quantitative estimate of drug-likeness (QED) is 0.819. The van der Waals surface area contributed by atoms with Crippen LogP contribution in [-0.4, -0.2) is 18.6 Å². The molecule has 3 heteroatoms. The summed E-state index contributed by atoms with van der Waals surface area (Å²) < 4.78 is 5.16. The molecular weight excluding hydrogens is 262 g/mol. The Morgan fingerprint density at radius 1 is 1.38 bits per heavy atom. The van der Waals surface area contributed by atoms with Crippen molar-refractivity contribution in [2.75, 3.05) is 11.9 Å². The van der Waals surface area contributed by atoms with Gasteiger partial charge in [-0.05, 0) is 49.8 Å². The molecule has 0 saturated heterocycles. The van der Waals surface area contributed by atoms with E-state index in [0.29, 0.717) is 18.6 Å². The Kier molecular flexibility index (Phi) is 5.66. The Bertz CT molecular complexity index is 470. The largest absolute Gasteiger partial charge is 0.466 e. The highest BCUT2D eigenvalue weighted by molar-refractivity contribution is 5.72. The van der Waals surface area contributed by atoms with E-state index in [-0.39, 0.29) is 11.9 Å². The number of rotatable bonds is 5. The number of nitrogens with one attached hydrogen (secondary N) is 1. The fourth-order valence-electron chi connectivity index (χ4n) is 3.02. The van der Waals surface area contributed by atoms with Crippen LogP contribution < -0.4 is 5.32 Å². The highest BCUT2D eigenvalue weighted by Gasteiger charge is 2.28. The molecule has 21 heavy (non-hydrogen) atoms. The number of esters is 1. The molecule has 1 saturated carbocycles. The number of hydrogen-bond acceptors (Lipinski definition) is 3. The summed E-state index contributed by atoms with van der Waals surface area (Å²) in [5.41, 5.74) is 2.51. The van der Waals surface area contributed by atoms with Crippen molar-refractivity contribution < 1.29 is 9.53 Å². The summed E-state index contributed by atoms with van der Waals surface area (Å²) in [6.07, 6.45) is 4.06. The molecule has 1 aromatic rings. The number of ether oxygens (including phenoxy) is 1. The van der Waals surface area contributed by atoms with E-state index in [1.807, 2.05) is 6.92 Å². The second kappa shape index (κ2) is 7.48. The SMILES string of the molecule is CCOC(=O)C1CCCC(Nc2cccc(C(C)C)c2)C1. The molecular formula is C18H27NO2. The summed E-state index contributed by atoms with van der Waals surface area (Å²) in [6.45, 7) is 6.75. The molecule has 0 spiro atoms. The predicted octanol–water partition coefficient (Wildman–Crippen LogP) is 4.34. The normalized spacial score (nSPS) is 22.1. The van der Waals surface area contributed by atoms with Crippen molar-refractivity contribution in [3.63, 3.8) is 0 Å². The van der Waals surface area contributed by atoms with Gasteiger partial charge in [-0.1, -0.05) is 32.4 Å². The average Bonchev–Trinajstić information content (AvgIpc) is 2.48. The molecule has 0 aliphatic heterocycles. The molecule has 1 aliphatic rings. The van der Waals surface area contributed by atoms with Crippen LogP contribution in [0.2, 0.25) is 0 Å². The third kappa shape index (κ3) is 4.48. The zero-order valence-electron chi connectivity index (χ0n) is 13.4. The van der Waals surface area contributed by atoms with Crippen molar-refractivity contribution in [3.8, 4) is 0 Å². The van der Waals surface area contributed by atoms with Gasteiger partial charge < -0.3 is 10.1 Å². The highest BCUT2D eigenvalue weighted by atomic mass is 16.5. The first-order chi connectivity index (χ1) is 10.1. The van der Waals surface area contributed by atoms with E-state index >= 15 is 0 Å². The molecule has 1 aromatic carbocycles. The van der Waals surface area contributed by atoms with Crippen molar-refractivity contribution in [2.24, 2.45) is 5.92 Å². The zero-order valence-corrected chi connectivity index (χ0v) is 13.4. The van der Waals surface area contributed by atoms with Gasteiger partial charge in [0.1, 0.15) is 0 Å². The van der Waals surface area contributed by atoms with Crippen LogP contribution in [0.15, 0.2) is 24.3 Å². The summed E-state index contributed by atoms with van der Waals surface area (Å²) in [5, 5.41) is 3.60. The summed E-state index contributed by atoms with van der Waals surface area (Å²) in [5.74, 6) is 0.565. The number of benzene rings is 1. The van der Waals surface area contributed by atoms with E-state index < -0.39 is 0 Å². The molecule has 116 valence electrons. The van der Waals surface area contributed by atoms with Gasteiger partial charge in [-0.3, -0.25) is 4.79 Å². The Morgan fingerprint density at radius 2 is 2.19 bits per heavy atom. The first kappa shape index (κ1) is 15.9. The van der Waals surface area contributed by atoms with Gasteiger partial charge in [-0.15, -0.1) is 0 Å². The van der Waals surface area contributed by atoms with Gasteiger partial charge in [0.25, 0.3) is 0 Å². The second-order valence-corrected chi connectivity index (χ2v) is 6.24. The number of carbonyl (C=O) groups excluding carboxylic acids is 1. The van der Waals surface area contributed by atoms with E-state index in [0.717, 1.165) is 31.4 Å². The first-order valence-corrected chi connectivity index (χ1v) is 8.13. The predicted molar refractivity (Wildman–Crippen MR) is 86.5 cm³/mol. The molecule has 2 atom stereocenters. The van der Waals surface area contributed by atoms with E-state index in [4.69, 9.17) is 4.74 Å². The van der Waals surface area contributed by atoms with Crippen molar-refractivity contribution in [1.29, 1.82) is 0 Å². The van der Waals surface area contributed by atoms with Gasteiger partial charge in [-0.2, -0.15) is 0 Å². The summed E-state index contributed by atoms with van der Waals surface area (Å²) in [6, 6.07) is 8.97. The molecule has 3 nitrogen and oxygen atoms in total. The van der Waals surface area contributed by atoms with E-state index in [2.05, 4.69) is 43.4 Å². The van der Waals surface area contributed by atoms with Gasteiger partial charge in [0.15, 0.2) is 0 Å². The Morgan fingerprint density at radius 3 is 2.90 bits per heavy atom. The monoisotopic (exact) mass is 289 g/mol. The molecule has 2 unspecified atom stereocenters. The van der Waals surface area contributed by atoms with Gasteiger partial charge in [-0.25, -0.2) is 0 Å². The second-order valence-electron chi connectivity index (χ2n) is 6.24. The van der Waals surface area contributed by atoms with Crippen molar-refractivity contribution in [1.82, 2.24) is 0 Å². The van der Waals surface area contributed by atoms with E-state index in [9.17, 15) is 4.79 Å². The standard InChI is InChI=1S/C18H27NO2/c1-4-21-18(20)15-8-6-10-17(12-15)19-16-9-5-7-14(11-16)13(2)3/h5,7,9,11,13,15,17,19H,4,6,8,10,12H2,1-3H3. The summed E-state index contributed by atoms with van der Waals surface area (Å²) >= 11 is 0. The van der Waals surface area contributed by atoms with Crippen LogP contribution in [0, 0.1) is 5.92 Å². The smallest absolute Gasteiger partial charge is 0.308 e. The minimum Gasteiger partial charge on any atom is -0.466 e. The molecule has 0 radical (unpaired) electrons. The lowest BCUT2D eigenvalue weighted by atomic mass is 9.85. The zero-order chi connectivity index (χ0) is 15.2. The van der Waals surface area contributed by atoms with Crippen LogP contribution in [0.4, 0.5) is 5.69 Å². The van der Waals surface area contributed by atoms with Crippen LogP contribution >= 0.6 is 0 Å². The van der Waals surface area contributed by atoms with Crippen molar-refractivity contribution >= 4 is 11.7 Å². The van der Waals surface area contributed by atoms with Gasteiger partial charge in [0, 0.05) is 11.7 Å².